The number of halogens is 4. The summed E-state index contributed by atoms with van der Waals surface area (Å²) >= 11 is 1.26. The number of hydrogen-bond donors (Lipinski definition) is 0. The molecular weight excluding hydrogens is 628 g/mol. The molecule has 11 heteroatoms. The van der Waals surface area contributed by atoms with Gasteiger partial charge in [0.2, 0.25) is 5.91 Å². The summed E-state index contributed by atoms with van der Waals surface area (Å²) in [6.07, 6.45) is -2.60. The highest BCUT2D eigenvalue weighted by Crippen LogP contribution is 2.31. The van der Waals surface area contributed by atoms with Crippen LogP contribution in [0.15, 0.2) is 82.7 Å². The summed E-state index contributed by atoms with van der Waals surface area (Å²) in [5, 5.41) is 0.343. The van der Waals surface area contributed by atoms with Crippen molar-refractivity contribution in [2.45, 2.75) is 63.3 Å². The van der Waals surface area contributed by atoms with Gasteiger partial charge in [0, 0.05) is 42.1 Å². The molecule has 0 saturated carbocycles. The van der Waals surface area contributed by atoms with E-state index in [1.807, 2.05) is 0 Å². The maximum absolute atomic E-state index is 14.2. The van der Waals surface area contributed by atoms with Crippen LogP contribution in [-0.2, 0) is 42.7 Å². The van der Waals surface area contributed by atoms with Crippen molar-refractivity contribution >= 4 is 17.7 Å². The van der Waals surface area contributed by atoms with Gasteiger partial charge in [-0.1, -0.05) is 74.1 Å². The van der Waals surface area contributed by atoms with Gasteiger partial charge in [0.1, 0.15) is 12.4 Å². The molecule has 248 valence electrons. The summed E-state index contributed by atoms with van der Waals surface area (Å²) in [7, 11) is 0. The zero-order chi connectivity index (χ0) is 37.1. The second-order valence-electron chi connectivity index (χ2n) is 11.2. The average Bonchev–Trinajstić information content (AvgIpc) is 3.55. The molecule has 0 aliphatic heterocycles. The minimum Gasteiger partial charge on any atom is -0.336 e. The summed E-state index contributed by atoms with van der Waals surface area (Å²) in [5.41, 5.74) is 2.94. The van der Waals surface area contributed by atoms with Crippen molar-refractivity contribution in [3.05, 3.63) is 117 Å². The van der Waals surface area contributed by atoms with Gasteiger partial charge in [-0.3, -0.25) is 9.59 Å². The second kappa shape index (κ2) is 15.3. The number of carbonyl (C=O) groups is 1. The Labute approximate surface area is 282 Å². The van der Waals surface area contributed by atoms with Crippen LogP contribution in [0.4, 0.5) is 17.6 Å². The molecule has 0 fully saturated rings. The lowest BCUT2D eigenvalue weighted by molar-refractivity contribution is -0.137. The number of hydrogen-bond acceptors (Lipinski definition) is 5. The van der Waals surface area contributed by atoms with Crippen LogP contribution in [0.2, 0.25) is 0 Å². The minimum absolute atomic E-state index is 0.0337. The predicted octanol–water partition coefficient (Wildman–Crippen LogP) is 7.22. The zero-order valence-corrected chi connectivity index (χ0v) is 26.9. The van der Waals surface area contributed by atoms with Gasteiger partial charge in [0.05, 0.1) is 5.56 Å². The topological polar surface area (TPSA) is 58.4 Å². The number of fused-ring (bicyclic) bond motifs is 1. The number of nitrogens with zero attached hydrogens (tertiary/aromatic N) is 4. The van der Waals surface area contributed by atoms with Crippen LogP contribution >= 0.6 is 11.8 Å². The fraction of sp³-hybridized carbons (Fsp3) is 0.361. The number of aromatic nitrogens is 2. The van der Waals surface area contributed by atoms with Crippen molar-refractivity contribution in [2.75, 3.05) is 26.1 Å². The Balaban J connectivity index is 1.43. The van der Waals surface area contributed by atoms with Gasteiger partial charge in [0.25, 0.3) is 5.56 Å². The smallest absolute Gasteiger partial charge is 0.336 e. The number of benzene rings is 3. The molecule has 5 rings (SSSR count). The molecule has 6 nitrogen and oxygen atoms in total. The lowest BCUT2D eigenvalue weighted by atomic mass is 10.0. The van der Waals surface area contributed by atoms with Crippen molar-refractivity contribution in [1.29, 1.82) is 0 Å². The Bertz CT molecular complexity index is 1880. The molecule has 1 aliphatic rings. The van der Waals surface area contributed by atoms with E-state index in [0.717, 1.165) is 34.7 Å². The van der Waals surface area contributed by atoms with E-state index in [0.29, 0.717) is 46.0 Å². The van der Waals surface area contributed by atoms with Crippen LogP contribution in [0, 0.1) is 5.82 Å². The highest BCUT2D eigenvalue weighted by atomic mass is 32.2. The van der Waals surface area contributed by atoms with E-state index < -0.39 is 24.7 Å². The molecule has 4 aromatic rings. The molecule has 0 saturated heterocycles. The number of alkyl halides is 3. The third kappa shape index (κ3) is 8.70. The van der Waals surface area contributed by atoms with Crippen molar-refractivity contribution in [2.24, 2.45) is 0 Å². The van der Waals surface area contributed by atoms with Gasteiger partial charge >= 0.3 is 6.18 Å². The molecule has 0 spiro atoms. The fourth-order valence-corrected chi connectivity index (χ4v) is 6.51. The molecule has 0 atom stereocenters. The highest BCUT2D eigenvalue weighted by Gasteiger charge is 2.30. The summed E-state index contributed by atoms with van der Waals surface area (Å²) in [6.45, 7) is -1.84. The van der Waals surface area contributed by atoms with Crippen LogP contribution < -0.4 is 5.56 Å². The lowest BCUT2D eigenvalue weighted by Gasteiger charge is -2.28. The Morgan fingerprint density at radius 1 is 0.915 bits per heavy atom. The first kappa shape index (κ1) is 29.2. The number of carbonyl (C=O) groups excluding carboxylic acids is 1. The van der Waals surface area contributed by atoms with Gasteiger partial charge in [-0.2, -0.15) is 18.2 Å². The van der Waals surface area contributed by atoms with Gasteiger partial charge in [0.15, 0.2) is 5.16 Å². The minimum atomic E-state index is -4.45. The third-order valence-electron chi connectivity index (χ3n) is 8.13. The second-order valence-corrected chi connectivity index (χ2v) is 12.1. The standard InChI is InChI=1S/C36H38F4N4O2S/c1-3-42(4-2)20-21-43(22-25-8-12-27(13-9-25)28-14-16-29(17-15-28)36(38,39)40)33(45)23-44-32-7-5-6-31(32)34(46)41-35(44)47-24-26-10-18-30(37)19-11-26/h8-19H,3-7,20-24H2,1-2H3/i3D2,4D2. The lowest BCUT2D eigenvalue weighted by Crippen LogP contribution is -2.40. The van der Waals surface area contributed by atoms with E-state index in [-0.39, 0.29) is 43.5 Å². The first-order valence-electron chi connectivity index (χ1n) is 17.2. The SMILES string of the molecule is [2H]C([2H])(C)N(CCN(Cc1ccc(-c2ccc(C(F)(F)F)cc2)cc1)C(=O)Cn1c(SCc2ccc(F)cc2)nc(=O)c2c1CCC2)C([2H])([2H])C. The number of amides is 1. The Morgan fingerprint density at radius 3 is 2.15 bits per heavy atom. The molecule has 0 unspecified atom stereocenters. The normalized spacial score (nSPS) is 14.7. The van der Waals surface area contributed by atoms with Gasteiger partial charge in [-0.05, 0) is 78.8 Å². The van der Waals surface area contributed by atoms with Crippen molar-refractivity contribution in [3.63, 3.8) is 0 Å². The largest absolute Gasteiger partial charge is 0.416 e. The average molecular weight is 671 g/mol. The first-order chi connectivity index (χ1) is 23.9. The summed E-state index contributed by atoms with van der Waals surface area (Å²) < 4.78 is 87.3. The van der Waals surface area contributed by atoms with Crippen molar-refractivity contribution in [1.82, 2.24) is 19.4 Å². The zero-order valence-electron chi connectivity index (χ0n) is 30.1. The van der Waals surface area contributed by atoms with E-state index in [1.165, 1.54) is 54.8 Å². The highest BCUT2D eigenvalue weighted by molar-refractivity contribution is 7.98. The Hall–Kier alpha value is -3.96. The Kier molecular flexibility index (Phi) is 9.50. The number of likely N-dealkylation sites (N-methyl/N-ethyl adjacent to an activating group) is 1. The molecule has 0 bridgehead atoms. The molecule has 1 aromatic heterocycles. The van der Waals surface area contributed by atoms with E-state index in [2.05, 4.69) is 4.98 Å². The molecule has 1 aliphatic carbocycles. The molecule has 47 heavy (non-hydrogen) atoms. The molecule has 1 heterocycles. The van der Waals surface area contributed by atoms with Gasteiger partial charge < -0.3 is 14.4 Å². The maximum Gasteiger partial charge on any atom is 0.416 e. The van der Waals surface area contributed by atoms with Crippen molar-refractivity contribution < 1.29 is 27.8 Å². The Morgan fingerprint density at radius 2 is 1.53 bits per heavy atom. The van der Waals surface area contributed by atoms with E-state index >= 15 is 0 Å². The maximum atomic E-state index is 14.2. The molecule has 1 amide bonds. The third-order valence-corrected chi connectivity index (χ3v) is 9.18. The molecular formula is C36H38F4N4O2S. The van der Waals surface area contributed by atoms with E-state index in [1.54, 1.807) is 41.0 Å². The van der Waals surface area contributed by atoms with Crippen molar-refractivity contribution in [3.8, 4) is 11.1 Å². The molecule has 0 N–H and O–H groups in total. The summed E-state index contributed by atoms with van der Waals surface area (Å²) in [4.78, 5) is 34.0. The predicted molar refractivity (Wildman–Crippen MR) is 177 cm³/mol. The van der Waals surface area contributed by atoms with Crippen LogP contribution in [0.25, 0.3) is 11.1 Å². The molecule has 3 aromatic carbocycles. The summed E-state index contributed by atoms with van der Waals surface area (Å²) in [5.74, 6) is -0.360. The van der Waals surface area contributed by atoms with Crippen LogP contribution in [0.5, 0.6) is 0 Å². The molecule has 0 radical (unpaired) electrons. The van der Waals surface area contributed by atoms with E-state index in [9.17, 15) is 27.2 Å². The number of rotatable bonds is 13. The van der Waals surface area contributed by atoms with Crippen LogP contribution in [-0.4, -0.2) is 51.3 Å². The van der Waals surface area contributed by atoms with Gasteiger partial charge in [-0.15, -0.1) is 0 Å². The first-order valence-corrected chi connectivity index (χ1v) is 16.2. The van der Waals surface area contributed by atoms with Gasteiger partial charge in [-0.25, -0.2) is 4.39 Å². The van der Waals surface area contributed by atoms with Crippen LogP contribution in [0.3, 0.4) is 0 Å². The van der Waals surface area contributed by atoms with Crippen LogP contribution in [0.1, 0.15) is 53.7 Å². The quantitative estimate of drug-likeness (QED) is 0.0855. The number of thioether (sulfide) groups is 1. The summed E-state index contributed by atoms with van der Waals surface area (Å²) in [6, 6.07) is 17.8. The van der Waals surface area contributed by atoms with E-state index in [4.69, 9.17) is 5.48 Å². The fourth-order valence-electron chi connectivity index (χ4n) is 5.55. The monoisotopic (exact) mass is 670 g/mol.